The fourth-order valence-corrected chi connectivity index (χ4v) is 2.37. The highest BCUT2D eigenvalue weighted by Crippen LogP contribution is 2.24. The smallest absolute Gasteiger partial charge is 0.340 e. The number of hydrogen-bond acceptors (Lipinski definition) is 5. The zero-order valence-electron chi connectivity index (χ0n) is 16.9. The van der Waals surface area contributed by atoms with E-state index < -0.39 is 5.97 Å². The minimum absolute atomic E-state index is 0.181. The molecule has 28 heavy (non-hydrogen) atoms. The first-order valence-corrected chi connectivity index (χ1v) is 9.65. The summed E-state index contributed by atoms with van der Waals surface area (Å²) in [5, 5.41) is 0. The van der Waals surface area contributed by atoms with Gasteiger partial charge in [-0.05, 0) is 55.2 Å². The van der Waals surface area contributed by atoms with Gasteiger partial charge in [0.25, 0.3) is 0 Å². The second kappa shape index (κ2) is 10.5. The molecule has 2 atom stereocenters. The predicted octanol–water partition coefficient (Wildman–Crippen LogP) is 5.23. The lowest BCUT2D eigenvalue weighted by atomic mass is 10.0. The molecule has 0 amide bonds. The molecule has 0 N–H and O–H groups in total. The molecule has 0 radical (unpaired) electrons. The van der Waals surface area contributed by atoms with Crippen molar-refractivity contribution in [3.63, 3.8) is 0 Å². The van der Waals surface area contributed by atoms with Crippen LogP contribution in [0.3, 0.4) is 0 Å². The lowest BCUT2D eigenvalue weighted by Gasteiger charge is -2.13. The van der Waals surface area contributed by atoms with Crippen LogP contribution in [-0.4, -0.2) is 24.8 Å². The van der Waals surface area contributed by atoms with Crippen molar-refractivity contribution >= 4 is 11.9 Å². The molecular formula is C23H28O5. The first-order valence-electron chi connectivity index (χ1n) is 9.65. The third kappa shape index (κ3) is 6.12. The maximum atomic E-state index is 12.1. The minimum atomic E-state index is -0.527. The third-order valence-electron chi connectivity index (χ3n) is 4.63. The van der Waals surface area contributed by atoms with E-state index in [1.165, 1.54) is 0 Å². The zero-order valence-corrected chi connectivity index (χ0v) is 16.9. The van der Waals surface area contributed by atoms with Gasteiger partial charge in [-0.25, -0.2) is 4.79 Å². The molecule has 5 nitrogen and oxygen atoms in total. The monoisotopic (exact) mass is 384 g/mol. The maximum Gasteiger partial charge on any atom is 0.340 e. The van der Waals surface area contributed by atoms with Gasteiger partial charge in [-0.2, -0.15) is 0 Å². The maximum absolute atomic E-state index is 12.1. The molecule has 5 heteroatoms. The molecule has 0 fully saturated rings. The van der Waals surface area contributed by atoms with Gasteiger partial charge in [0, 0.05) is 0 Å². The van der Waals surface area contributed by atoms with Crippen molar-refractivity contribution < 1.29 is 23.8 Å². The number of esters is 2. The number of carbonyl (C=O) groups excluding carboxylic acids is 2. The Hall–Kier alpha value is -2.82. The average molecular weight is 384 g/mol. The van der Waals surface area contributed by atoms with Crippen LogP contribution in [0.4, 0.5) is 0 Å². The quantitative estimate of drug-likeness (QED) is 0.437. The second-order valence-corrected chi connectivity index (χ2v) is 6.76. The molecule has 150 valence electrons. The first-order chi connectivity index (χ1) is 13.4. The Morgan fingerprint density at radius 3 is 1.93 bits per heavy atom. The van der Waals surface area contributed by atoms with Gasteiger partial charge < -0.3 is 14.2 Å². The molecule has 0 heterocycles. The van der Waals surface area contributed by atoms with Gasteiger partial charge in [-0.1, -0.05) is 45.0 Å². The summed E-state index contributed by atoms with van der Waals surface area (Å²) in [6.07, 6.45) is 1.82. The fourth-order valence-electron chi connectivity index (χ4n) is 2.37. The molecule has 0 bridgehead atoms. The molecule has 0 saturated heterocycles. The van der Waals surface area contributed by atoms with Gasteiger partial charge in [0.2, 0.25) is 6.79 Å². The van der Waals surface area contributed by atoms with Crippen molar-refractivity contribution in [1.29, 1.82) is 0 Å². The summed E-state index contributed by atoms with van der Waals surface area (Å²) in [4.78, 5) is 23.6. The second-order valence-electron chi connectivity index (χ2n) is 6.76. The first kappa shape index (κ1) is 21.5. The summed E-state index contributed by atoms with van der Waals surface area (Å²) in [7, 11) is 0. The van der Waals surface area contributed by atoms with Crippen LogP contribution in [0.2, 0.25) is 0 Å². The molecule has 2 aromatic carbocycles. The largest absolute Gasteiger partial charge is 0.491 e. The van der Waals surface area contributed by atoms with Gasteiger partial charge in [0.1, 0.15) is 5.75 Å². The van der Waals surface area contributed by atoms with Crippen LogP contribution in [0.15, 0.2) is 48.5 Å². The lowest BCUT2D eigenvalue weighted by Crippen LogP contribution is -2.17. The molecule has 2 rings (SSSR count). The zero-order chi connectivity index (χ0) is 20.5. The van der Waals surface area contributed by atoms with E-state index in [2.05, 4.69) is 6.92 Å². The fraction of sp³-hybridized carbons (Fsp3) is 0.391. The number of hydrogen-bond donors (Lipinski definition) is 0. The summed E-state index contributed by atoms with van der Waals surface area (Å²) in [5.74, 6) is -0.266. The molecule has 0 aliphatic heterocycles. The van der Waals surface area contributed by atoms with Crippen molar-refractivity contribution in [2.75, 3.05) is 6.79 Å². The normalized spacial score (nSPS) is 12.7. The van der Waals surface area contributed by atoms with E-state index in [0.29, 0.717) is 12.0 Å². The van der Waals surface area contributed by atoms with E-state index in [0.717, 1.165) is 23.3 Å². The van der Waals surface area contributed by atoms with E-state index in [1.54, 1.807) is 19.1 Å². The number of rotatable bonds is 9. The molecule has 2 unspecified atom stereocenters. The van der Waals surface area contributed by atoms with Crippen molar-refractivity contribution in [3.05, 3.63) is 54.1 Å². The van der Waals surface area contributed by atoms with Crippen LogP contribution >= 0.6 is 0 Å². The summed E-state index contributed by atoms with van der Waals surface area (Å²) in [6, 6.07) is 14.9. The average Bonchev–Trinajstić information content (AvgIpc) is 2.73. The highest BCUT2D eigenvalue weighted by Gasteiger charge is 2.13. The van der Waals surface area contributed by atoms with E-state index >= 15 is 0 Å². The molecule has 0 saturated carbocycles. The van der Waals surface area contributed by atoms with Crippen LogP contribution in [-0.2, 0) is 14.3 Å². The standard InChI is InChI=1S/C23H28O5/c1-5-16(3)22(24)26-15-27-23(25)20-9-7-18(8-10-20)19-11-13-21(14-12-19)28-17(4)6-2/h7-14,16-17H,5-6,15H2,1-4H3. The van der Waals surface area contributed by atoms with Crippen molar-refractivity contribution in [1.82, 2.24) is 0 Å². The van der Waals surface area contributed by atoms with Crippen LogP contribution in [0, 0.1) is 5.92 Å². The molecule has 0 spiro atoms. The van der Waals surface area contributed by atoms with Crippen LogP contribution < -0.4 is 4.74 Å². The Labute approximate surface area is 166 Å². The summed E-state index contributed by atoms with van der Waals surface area (Å²) in [6.45, 7) is 7.41. The van der Waals surface area contributed by atoms with E-state index in [-0.39, 0.29) is 24.8 Å². The van der Waals surface area contributed by atoms with Gasteiger partial charge in [-0.3, -0.25) is 4.79 Å². The minimum Gasteiger partial charge on any atom is -0.491 e. The van der Waals surface area contributed by atoms with Crippen LogP contribution in [0.25, 0.3) is 11.1 Å². The van der Waals surface area contributed by atoms with Crippen molar-refractivity contribution in [3.8, 4) is 16.9 Å². The molecule has 0 aliphatic rings. The summed E-state index contributed by atoms with van der Waals surface area (Å²) < 4.78 is 15.7. The van der Waals surface area contributed by atoms with Crippen molar-refractivity contribution in [2.24, 2.45) is 5.92 Å². The Bertz CT molecular complexity index is 765. The van der Waals surface area contributed by atoms with Crippen LogP contribution in [0.1, 0.15) is 50.9 Å². The topological polar surface area (TPSA) is 61.8 Å². The molecule has 0 aliphatic carbocycles. The number of benzene rings is 2. The number of carbonyl (C=O) groups is 2. The van der Waals surface area contributed by atoms with E-state index in [4.69, 9.17) is 14.2 Å². The molecule has 0 aromatic heterocycles. The SMILES string of the molecule is CCC(C)Oc1ccc(-c2ccc(C(=O)OCOC(=O)C(C)CC)cc2)cc1. The van der Waals surface area contributed by atoms with E-state index in [9.17, 15) is 9.59 Å². The van der Waals surface area contributed by atoms with Gasteiger partial charge in [-0.15, -0.1) is 0 Å². The van der Waals surface area contributed by atoms with Gasteiger partial charge in [0.05, 0.1) is 17.6 Å². The van der Waals surface area contributed by atoms with E-state index in [1.807, 2.05) is 50.2 Å². The highest BCUT2D eigenvalue weighted by molar-refractivity contribution is 5.90. The Morgan fingerprint density at radius 1 is 0.821 bits per heavy atom. The summed E-state index contributed by atoms with van der Waals surface area (Å²) >= 11 is 0. The Kier molecular flexibility index (Phi) is 8.05. The van der Waals surface area contributed by atoms with Gasteiger partial charge in [0.15, 0.2) is 0 Å². The Balaban J connectivity index is 1.92. The Morgan fingerprint density at radius 2 is 1.39 bits per heavy atom. The highest BCUT2D eigenvalue weighted by atomic mass is 16.7. The third-order valence-corrected chi connectivity index (χ3v) is 4.63. The lowest BCUT2D eigenvalue weighted by molar-refractivity contribution is -0.156. The number of ether oxygens (including phenoxy) is 3. The predicted molar refractivity (Wildman–Crippen MR) is 108 cm³/mol. The molecular weight excluding hydrogens is 356 g/mol. The van der Waals surface area contributed by atoms with Crippen LogP contribution in [0.5, 0.6) is 5.75 Å². The van der Waals surface area contributed by atoms with Gasteiger partial charge >= 0.3 is 11.9 Å². The van der Waals surface area contributed by atoms with Crippen molar-refractivity contribution in [2.45, 2.75) is 46.6 Å². The molecule has 2 aromatic rings. The summed E-state index contributed by atoms with van der Waals surface area (Å²) in [5.41, 5.74) is 2.41.